The van der Waals surface area contributed by atoms with Gasteiger partial charge in [-0.2, -0.15) is 0 Å². The summed E-state index contributed by atoms with van der Waals surface area (Å²) in [4.78, 5) is 2.53. The highest BCUT2D eigenvalue weighted by atomic mass is 32.1. The molecule has 122 valence electrons. The van der Waals surface area contributed by atoms with E-state index in [-0.39, 0.29) is 0 Å². The topological polar surface area (TPSA) is 24.5 Å². The molecule has 1 aromatic carbocycles. The zero-order valence-corrected chi connectivity index (χ0v) is 15.0. The van der Waals surface area contributed by atoms with Crippen molar-refractivity contribution < 1.29 is 4.74 Å². The molecular weight excluding hydrogens is 292 g/mol. The molecule has 2 atom stereocenters. The molecule has 2 unspecified atom stereocenters. The first-order valence-corrected chi connectivity index (χ1v) is 8.65. The van der Waals surface area contributed by atoms with E-state index in [1.54, 1.807) is 0 Å². The summed E-state index contributed by atoms with van der Waals surface area (Å²) in [6.07, 6.45) is 3.91. The largest absolute Gasteiger partial charge is 0.469 e. The van der Waals surface area contributed by atoms with Crippen LogP contribution in [0.15, 0.2) is 18.2 Å². The summed E-state index contributed by atoms with van der Waals surface area (Å²) < 4.78 is 5.73. The minimum atomic E-state index is 0.467. The Labute approximate surface area is 140 Å². The van der Waals surface area contributed by atoms with Gasteiger partial charge in [-0.25, -0.2) is 0 Å². The second-order valence-electron chi connectivity index (χ2n) is 6.39. The average Bonchev–Trinajstić information content (AvgIpc) is 2.46. The Balaban J connectivity index is 1.81. The van der Waals surface area contributed by atoms with E-state index in [4.69, 9.17) is 17.0 Å². The van der Waals surface area contributed by atoms with Crippen LogP contribution in [0.1, 0.15) is 44.2 Å². The van der Waals surface area contributed by atoms with Crippen LogP contribution in [0.2, 0.25) is 0 Å². The number of hydrogen-bond donors (Lipinski definition) is 1. The summed E-state index contributed by atoms with van der Waals surface area (Å²) in [6, 6.07) is 7.50. The molecule has 0 spiro atoms. The number of likely N-dealkylation sites (tertiary alicyclic amines) is 1. The van der Waals surface area contributed by atoms with Gasteiger partial charge >= 0.3 is 0 Å². The van der Waals surface area contributed by atoms with Crippen LogP contribution >= 0.6 is 12.2 Å². The zero-order valence-electron chi connectivity index (χ0n) is 14.2. The lowest BCUT2D eigenvalue weighted by atomic mass is 9.98. The van der Waals surface area contributed by atoms with Gasteiger partial charge in [0.05, 0.1) is 0 Å². The first-order valence-electron chi connectivity index (χ1n) is 8.24. The molecule has 0 aromatic heterocycles. The van der Waals surface area contributed by atoms with Crippen LogP contribution in [0.4, 0.5) is 5.69 Å². The fourth-order valence-electron chi connectivity index (χ4n) is 3.31. The standard InChI is InChI=1S/C18H28N2OS/c1-13-7-5-8-14(2)17(13)19-18(22)21-12-11-20-15(3)9-6-10-16(20)4/h5,7-8,15-16H,6,9-12H2,1-4H3,(H,19,22). The number of hydrogen-bond acceptors (Lipinski definition) is 3. The summed E-state index contributed by atoms with van der Waals surface area (Å²) in [7, 11) is 0. The zero-order chi connectivity index (χ0) is 16.1. The minimum Gasteiger partial charge on any atom is -0.469 e. The fourth-order valence-corrected chi connectivity index (χ4v) is 3.49. The van der Waals surface area contributed by atoms with Gasteiger partial charge in [0, 0.05) is 24.3 Å². The van der Waals surface area contributed by atoms with Crippen LogP contribution in [0.3, 0.4) is 0 Å². The van der Waals surface area contributed by atoms with Crippen molar-refractivity contribution in [2.75, 3.05) is 18.5 Å². The van der Waals surface area contributed by atoms with Gasteiger partial charge in [-0.3, -0.25) is 4.90 Å². The van der Waals surface area contributed by atoms with Gasteiger partial charge in [-0.15, -0.1) is 0 Å². The third kappa shape index (κ3) is 4.43. The average molecular weight is 321 g/mol. The van der Waals surface area contributed by atoms with Crippen LogP contribution in [0.5, 0.6) is 0 Å². The van der Waals surface area contributed by atoms with E-state index in [0.29, 0.717) is 23.9 Å². The number of rotatable bonds is 4. The van der Waals surface area contributed by atoms with Gasteiger partial charge in [0.1, 0.15) is 6.61 Å². The molecule has 0 radical (unpaired) electrons. The molecule has 1 aliphatic heterocycles. The molecule has 0 amide bonds. The maximum atomic E-state index is 5.73. The number of nitrogens with one attached hydrogen (secondary N) is 1. The van der Waals surface area contributed by atoms with Crippen molar-refractivity contribution in [2.24, 2.45) is 0 Å². The van der Waals surface area contributed by atoms with Crippen molar-refractivity contribution in [3.05, 3.63) is 29.3 Å². The lowest BCUT2D eigenvalue weighted by Crippen LogP contribution is -2.45. The Bertz CT molecular complexity index is 488. The van der Waals surface area contributed by atoms with Gasteiger partial charge in [-0.1, -0.05) is 24.6 Å². The quantitative estimate of drug-likeness (QED) is 0.837. The number of benzene rings is 1. The monoisotopic (exact) mass is 320 g/mol. The highest BCUT2D eigenvalue weighted by Gasteiger charge is 2.24. The number of para-hydroxylation sites is 1. The van der Waals surface area contributed by atoms with E-state index < -0.39 is 0 Å². The molecule has 1 heterocycles. The Kier molecular flexibility index (Phi) is 6.21. The van der Waals surface area contributed by atoms with Crippen LogP contribution in [0, 0.1) is 13.8 Å². The molecule has 0 bridgehead atoms. The van der Waals surface area contributed by atoms with Crippen molar-refractivity contribution in [1.29, 1.82) is 0 Å². The first-order chi connectivity index (χ1) is 10.5. The molecule has 1 aliphatic rings. The Hall–Kier alpha value is -1.13. The van der Waals surface area contributed by atoms with Crippen LogP contribution in [-0.2, 0) is 4.74 Å². The van der Waals surface area contributed by atoms with E-state index in [1.165, 1.54) is 30.4 Å². The summed E-state index contributed by atoms with van der Waals surface area (Å²) in [5.74, 6) is 0. The van der Waals surface area contributed by atoms with E-state index in [1.807, 2.05) is 0 Å². The van der Waals surface area contributed by atoms with Crippen LogP contribution < -0.4 is 5.32 Å². The molecule has 1 fully saturated rings. The second kappa shape index (κ2) is 7.93. The number of nitrogens with zero attached hydrogens (tertiary/aromatic N) is 1. The molecule has 0 saturated carbocycles. The predicted octanol–water partition coefficient (Wildman–Crippen LogP) is 4.28. The van der Waals surface area contributed by atoms with Crippen molar-refractivity contribution >= 4 is 23.1 Å². The number of aryl methyl sites for hydroxylation is 2. The summed E-state index contributed by atoms with van der Waals surface area (Å²) in [5, 5.41) is 3.70. The van der Waals surface area contributed by atoms with E-state index >= 15 is 0 Å². The fraction of sp³-hybridized carbons (Fsp3) is 0.611. The SMILES string of the molecule is Cc1cccc(C)c1NC(=S)OCCN1C(C)CCCC1C. The minimum absolute atomic E-state index is 0.467. The Morgan fingerprint density at radius 1 is 1.23 bits per heavy atom. The lowest BCUT2D eigenvalue weighted by molar-refractivity contribution is 0.0837. The maximum Gasteiger partial charge on any atom is 0.261 e. The summed E-state index contributed by atoms with van der Waals surface area (Å²) in [6.45, 7) is 10.4. The number of thiocarbonyl (C=S) groups is 1. The Morgan fingerprint density at radius 3 is 2.41 bits per heavy atom. The Morgan fingerprint density at radius 2 is 1.82 bits per heavy atom. The van der Waals surface area contributed by atoms with Crippen LogP contribution in [-0.4, -0.2) is 35.3 Å². The second-order valence-corrected chi connectivity index (χ2v) is 6.77. The number of anilines is 1. The number of ether oxygens (including phenoxy) is 1. The third-order valence-electron chi connectivity index (χ3n) is 4.67. The molecule has 22 heavy (non-hydrogen) atoms. The maximum absolute atomic E-state index is 5.73. The third-order valence-corrected chi connectivity index (χ3v) is 4.89. The molecule has 4 heteroatoms. The highest BCUT2D eigenvalue weighted by Crippen LogP contribution is 2.22. The molecule has 1 N–H and O–H groups in total. The van der Waals surface area contributed by atoms with Gasteiger partial charge in [-0.05, 0) is 63.9 Å². The van der Waals surface area contributed by atoms with Crippen LogP contribution in [0.25, 0.3) is 0 Å². The lowest BCUT2D eigenvalue weighted by Gasteiger charge is -2.38. The van der Waals surface area contributed by atoms with E-state index in [0.717, 1.165) is 12.2 Å². The van der Waals surface area contributed by atoms with Gasteiger partial charge < -0.3 is 10.1 Å². The molecule has 2 rings (SSSR count). The van der Waals surface area contributed by atoms with Crippen molar-refractivity contribution in [3.63, 3.8) is 0 Å². The highest BCUT2D eigenvalue weighted by molar-refractivity contribution is 7.80. The van der Waals surface area contributed by atoms with Crippen molar-refractivity contribution in [3.8, 4) is 0 Å². The molecule has 3 nitrogen and oxygen atoms in total. The van der Waals surface area contributed by atoms with Gasteiger partial charge in [0.15, 0.2) is 0 Å². The van der Waals surface area contributed by atoms with Crippen molar-refractivity contribution in [2.45, 2.75) is 59.0 Å². The predicted molar refractivity (Wildman–Crippen MR) is 97.6 cm³/mol. The molecule has 0 aliphatic carbocycles. The number of piperidine rings is 1. The van der Waals surface area contributed by atoms with Gasteiger partial charge in [0.25, 0.3) is 5.17 Å². The molecular formula is C18H28N2OS. The van der Waals surface area contributed by atoms with Gasteiger partial charge in [0.2, 0.25) is 0 Å². The molecule has 1 saturated heterocycles. The smallest absolute Gasteiger partial charge is 0.261 e. The van der Waals surface area contributed by atoms with E-state index in [2.05, 4.69) is 56.1 Å². The first kappa shape index (κ1) is 17.2. The van der Waals surface area contributed by atoms with Crippen molar-refractivity contribution in [1.82, 2.24) is 4.90 Å². The summed E-state index contributed by atoms with van der Waals surface area (Å²) >= 11 is 5.33. The van der Waals surface area contributed by atoms with E-state index in [9.17, 15) is 0 Å². The normalized spacial score (nSPS) is 22.4. The summed E-state index contributed by atoms with van der Waals surface area (Å²) in [5.41, 5.74) is 3.43. The molecule has 1 aromatic rings.